The molecule has 1 amide bonds. The summed E-state index contributed by atoms with van der Waals surface area (Å²) in [5.41, 5.74) is 1.91. The number of benzene rings is 2. The van der Waals surface area contributed by atoms with E-state index in [-0.39, 0.29) is 17.8 Å². The Hall–Kier alpha value is -2.86. The third-order valence-electron chi connectivity index (χ3n) is 4.88. The fourth-order valence-corrected chi connectivity index (χ4v) is 3.25. The number of nitrogens with one attached hydrogen (secondary N) is 1. The molecule has 0 radical (unpaired) electrons. The molecule has 3 rings (SSSR count). The fraction of sp³-hybridized carbons (Fsp3) is 0.364. The van der Waals surface area contributed by atoms with Crippen molar-refractivity contribution < 1.29 is 19.1 Å². The summed E-state index contributed by atoms with van der Waals surface area (Å²) < 4.78 is 10.6. The van der Waals surface area contributed by atoms with E-state index in [2.05, 4.69) is 10.2 Å². The third kappa shape index (κ3) is 5.57. The number of hydrogen-bond donors (Lipinski definition) is 1. The summed E-state index contributed by atoms with van der Waals surface area (Å²) in [6.45, 7) is 3.78. The standard InChI is InChI=1S/C22H26N2O4/c1-16-3-7-19(8-4-16)28-20-9-5-18(6-10-20)23-21(25)15-24-13-11-17(12-14-24)22(26)27-2/h3-10,17H,11-15H2,1-2H3,(H,23,25). The summed E-state index contributed by atoms with van der Waals surface area (Å²) in [5, 5.41) is 2.91. The van der Waals surface area contributed by atoms with Crippen LogP contribution in [0, 0.1) is 12.8 Å². The van der Waals surface area contributed by atoms with Crippen LogP contribution in [0.25, 0.3) is 0 Å². The molecule has 0 aliphatic carbocycles. The lowest BCUT2D eigenvalue weighted by Crippen LogP contribution is -2.41. The zero-order valence-electron chi connectivity index (χ0n) is 16.3. The lowest BCUT2D eigenvalue weighted by molar-refractivity contribution is -0.147. The highest BCUT2D eigenvalue weighted by Crippen LogP contribution is 2.23. The van der Waals surface area contributed by atoms with Gasteiger partial charge >= 0.3 is 5.97 Å². The van der Waals surface area contributed by atoms with Gasteiger partial charge in [0.1, 0.15) is 11.5 Å². The van der Waals surface area contributed by atoms with Gasteiger partial charge in [-0.05, 0) is 69.3 Å². The van der Waals surface area contributed by atoms with Gasteiger partial charge < -0.3 is 14.8 Å². The van der Waals surface area contributed by atoms with Gasteiger partial charge in [0, 0.05) is 5.69 Å². The van der Waals surface area contributed by atoms with Crippen LogP contribution in [0.15, 0.2) is 48.5 Å². The number of ether oxygens (including phenoxy) is 2. The summed E-state index contributed by atoms with van der Waals surface area (Å²) in [4.78, 5) is 25.9. The largest absolute Gasteiger partial charge is 0.469 e. The number of piperidine rings is 1. The molecule has 1 N–H and O–H groups in total. The van der Waals surface area contributed by atoms with E-state index >= 15 is 0 Å². The van der Waals surface area contributed by atoms with E-state index in [4.69, 9.17) is 9.47 Å². The molecule has 1 aliphatic rings. The molecule has 0 atom stereocenters. The predicted octanol–water partition coefficient (Wildman–Crippen LogP) is 3.61. The molecule has 6 heteroatoms. The normalized spacial score (nSPS) is 15.1. The monoisotopic (exact) mass is 382 g/mol. The minimum atomic E-state index is -0.156. The van der Waals surface area contributed by atoms with E-state index < -0.39 is 0 Å². The predicted molar refractivity (Wildman–Crippen MR) is 108 cm³/mol. The van der Waals surface area contributed by atoms with Gasteiger partial charge in [0.2, 0.25) is 5.91 Å². The Morgan fingerprint density at radius 2 is 1.57 bits per heavy atom. The highest BCUT2D eigenvalue weighted by molar-refractivity contribution is 5.92. The quantitative estimate of drug-likeness (QED) is 0.773. The number of carbonyl (C=O) groups is 2. The van der Waals surface area contributed by atoms with E-state index in [1.165, 1.54) is 12.7 Å². The Morgan fingerprint density at radius 1 is 1.00 bits per heavy atom. The van der Waals surface area contributed by atoms with E-state index in [1.807, 2.05) is 55.5 Å². The summed E-state index contributed by atoms with van der Waals surface area (Å²) in [6.07, 6.45) is 1.45. The van der Waals surface area contributed by atoms with Gasteiger partial charge in [-0.25, -0.2) is 0 Å². The maximum atomic E-state index is 12.3. The summed E-state index contributed by atoms with van der Waals surface area (Å²) >= 11 is 0. The van der Waals surface area contributed by atoms with Crippen LogP contribution in [0.4, 0.5) is 5.69 Å². The number of likely N-dealkylation sites (tertiary alicyclic amines) is 1. The number of esters is 1. The van der Waals surface area contributed by atoms with Crippen LogP contribution >= 0.6 is 0 Å². The SMILES string of the molecule is COC(=O)C1CCN(CC(=O)Nc2ccc(Oc3ccc(C)cc3)cc2)CC1. The first-order chi connectivity index (χ1) is 13.5. The third-order valence-corrected chi connectivity index (χ3v) is 4.88. The van der Waals surface area contributed by atoms with Crippen molar-refractivity contribution in [3.63, 3.8) is 0 Å². The molecule has 6 nitrogen and oxygen atoms in total. The molecule has 1 aliphatic heterocycles. The zero-order valence-corrected chi connectivity index (χ0v) is 16.3. The van der Waals surface area contributed by atoms with E-state index in [1.54, 1.807) is 0 Å². The van der Waals surface area contributed by atoms with Gasteiger partial charge in [-0.3, -0.25) is 14.5 Å². The van der Waals surface area contributed by atoms with Gasteiger partial charge in [0.05, 0.1) is 19.6 Å². The van der Waals surface area contributed by atoms with Gasteiger partial charge in [0.25, 0.3) is 0 Å². The van der Waals surface area contributed by atoms with Gasteiger partial charge in [-0.2, -0.15) is 0 Å². The minimum Gasteiger partial charge on any atom is -0.469 e. The van der Waals surface area contributed by atoms with Gasteiger partial charge in [-0.1, -0.05) is 17.7 Å². The molecular formula is C22H26N2O4. The topological polar surface area (TPSA) is 67.9 Å². The average Bonchev–Trinajstić information content (AvgIpc) is 2.71. The minimum absolute atomic E-state index is 0.0506. The number of methoxy groups -OCH3 is 1. The van der Waals surface area contributed by atoms with Crippen molar-refractivity contribution in [3.8, 4) is 11.5 Å². The molecule has 2 aromatic carbocycles. The van der Waals surface area contributed by atoms with Gasteiger partial charge in [-0.15, -0.1) is 0 Å². The van der Waals surface area contributed by atoms with Crippen molar-refractivity contribution in [3.05, 3.63) is 54.1 Å². The number of anilines is 1. The van der Waals surface area contributed by atoms with Crippen LogP contribution in [-0.2, 0) is 14.3 Å². The Bertz CT molecular complexity index is 794. The molecular weight excluding hydrogens is 356 g/mol. The number of aryl methyl sites for hydroxylation is 1. The van der Waals surface area contributed by atoms with Crippen LogP contribution < -0.4 is 10.1 Å². The second-order valence-electron chi connectivity index (χ2n) is 7.06. The Balaban J connectivity index is 1.45. The molecule has 0 saturated carbocycles. The summed E-state index contributed by atoms with van der Waals surface area (Å²) in [7, 11) is 1.42. The maximum absolute atomic E-state index is 12.3. The van der Waals surface area contributed by atoms with Crippen molar-refractivity contribution in [2.24, 2.45) is 5.92 Å². The maximum Gasteiger partial charge on any atom is 0.308 e. The molecule has 1 fully saturated rings. The van der Waals surface area contributed by atoms with E-state index in [9.17, 15) is 9.59 Å². The molecule has 2 aromatic rings. The Morgan fingerprint density at radius 3 is 2.14 bits per heavy atom. The van der Waals surface area contributed by atoms with Crippen LogP contribution in [-0.4, -0.2) is 43.5 Å². The zero-order chi connectivity index (χ0) is 19.9. The first-order valence-electron chi connectivity index (χ1n) is 9.48. The summed E-state index contributed by atoms with van der Waals surface area (Å²) in [5.74, 6) is 1.22. The second-order valence-corrected chi connectivity index (χ2v) is 7.06. The molecule has 28 heavy (non-hydrogen) atoms. The molecule has 0 bridgehead atoms. The van der Waals surface area contributed by atoms with Gasteiger partial charge in [0.15, 0.2) is 0 Å². The van der Waals surface area contributed by atoms with E-state index in [0.717, 1.165) is 37.4 Å². The van der Waals surface area contributed by atoms with E-state index in [0.29, 0.717) is 12.3 Å². The summed E-state index contributed by atoms with van der Waals surface area (Å²) in [6, 6.07) is 15.2. The first-order valence-corrected chi connectivity index (χ1v) is 9.48. The highest BCUT2D eigenvalue weighted by Gasteiger charge is 2.26. The molecule has 1 heterocycles. The molecule has 0 unspecified atom stereocenters. The molecule has 0 spiro atoms. The van der Waals surface area contributed by atoms with Crippen molar-refractivity contribution in [1.29, 1.82) is 0 Å². The van der Waals surface area contributed by atoms with Crippen molar-refractivity contribution in [2.75, 3.05) is 32.1 Å². The van der Waals surface area contributed by atoms with Crippen LogP contribution in [0.1, 0.15) is 18.4 Å². The smallest absolute Gasteiger partial charge is 0.308 e. The number of amides is 1. The molecule has 1 saturated heterocycles. The highest BCUT2D eigenvalue weighted by atomic mass is 16.5. The Kier molecular flexibility index (Phi) is 6.66. The van der Waals surface area contributed by atoms with Crippen LogP contribution in [0.3, 0.4) is 0 Å². The number of carbonyl (C=O) groups excluding carboxylic acids is 2. The van der Waals surface area contributed by atoms with Crippen molar-refractivity contribution >= 4 is 17.6 Å². The lowest BCUT2D eigenvalue weighted by atomic mass is 9.97. The lowest BCUT2D eigenvalue weighted by Gasteiger charge is -2.29. The first kappa shape index (κ1) is 19.9. The van der Waals surface area contributed by atoms with Crippen LogP contribution in [0.2, 0.25) is 0 Å². The second kappa shape index (κ2) is 9.37. The number of hydrogen-bond acceptors (Lipinski definition) is 5. The number of nitrogens with zero attached hydrogens (tertiary/aromatic N) is 1. The molecule has 148 valence electrons. The Labute approximate surface area is 165 Å². The van der Waals surface area contributed by atoms with Crippen molar-refractivity contribution in [1.82, 2.24) is 4.90 Å². The van der Waals surface area contributed by atoms with Crippen LogP contribution in [0.5, 0.6) is 11.5 Å². The average molecular weight is 382 g/mol. The molecule has 0 aromatic heterocycles. The van der Waals surface area contributed by atoms with Crippen molar-refractivity contribution in [2.45, 2.75) is 19.8 Å². The number of rotatable bonds is 6. The fourth-order valence-electron chi connectivity index (χ4n) is 3.25.